The van der Waals surface area contributed by atoms with Crippen molar-refractivity contribution in [2.24, 2.45) is 20.0 Å². The summed E-state index contributed by atoms with van der Waals surface area (Å²) in [6.07, 6.45) is -0.824. The fourth-order valence-electron chi connectivity index (χ4n) is 7.27. The van der Waals surface area contributed by atoms with Crippen LogP contribution in [0.2, 0.25) is 0 Å². The van der Waals surface area contributed by atoms with Gasteiger partial charge >= 0.3 is 0 Å². The van der Waals surface area contributed by atoms with Crippen LogP contribution in [0, 0.1) is 0 Å². The van der Waals surface area contributed by atoms with Crippen LogP contribution >= 0.6 is 0 Å². The molecule has 2 aliphatic rings. The van der Waals surface area contributed by atoms with E-state index in [-0.39, 0.29) is 0 Å². The van der Waals surface area contributed by atoms with Gasteiger partial charge in [-0.3, -0.25) is 0 Å². The normalized spacial score (nSPS) is 15.7. The van der Waals surface area contributed by atoms with E-state index in [1.165, 1.54) is 0 Å². The highest BCUT2D eigenvalue weighted by molar-refractivity contribution is 6.23. The van der Waals surface area contributed by atoms with E-state index >= 15 is 0 Å². The van der Waals surface area contributed by atoms with Gasteiger partial charge in [0, 0.05) is 33.0 Å². The summed E-state index contributed by atoms with van der Waals surface area (Å²) in [5.74, 6) is 3.10. The molecule has 0 fully saturated rings. The first-order chi connectivity index (χ1) is 27.2. The van der Waals surface area contributed by atoms with Gasteiger partial charge in [-0.1, -0.05) is 158 Å². The lowest BCUT2D eigenvalue weighted by Crippen LogP contribution is -2.36. The average Bonchev–Trinajstić information content (AvgIpc) is 3.66. The van der Waals surface area contributed by atoms with Gasteiger partial charge in [-0.15, -0.1) is 0 Å². The van der Waals surface area contributed by atoms with Crippen LogP contribution in [0.25, 0.3) is 33.1 Å². The molecule has 0 bridgehead atoms. The van der Waals surface area contributed by atoms with Crippen molar-refractivity contribution in [3.8, 4) is 11.1 Å². The molecule has 0 saturated heterocycles. The summed E-state index contributed by atoms with van der Waals surface area (Å²) in [6, 6.07) is 61.9. The second-order valence-electron chi connectivity index (χ2n) is 13.5. The van der Waals surface area contributed by atoms with E-state index in [2.05, 4.69) is 108 Å². The molecule has 7 aromatic carbocycles. The van der Waals surface area contributed by atoms with Gasteiger partial charge in [-0.2, -0.15) is 0 Å². The fraction of sp³-hybridized carbons (Fsp3) is 0.0417. The molecule has 0 aliphatic carbocycles. The molecule has 3 heterocycles. The first-order valence-corrected chi connectivity index (χ1v) is 18.4. The predicted molar refractivity (Wildman–Crippen MR) is 223 cm³/mol. The molecule has 1 atom stereocenters. The van der Waals surface area contributed by atoms with Gasteiger partial charge in [0.2, 0.25) is 0 Å². The van der Waals surface area contributed by atoms with Crippen LogP contribution in [0.5, 0.6) is 0 Å². The Kier molecular flexibility index (Phi) is 8.15. The van der Waals surface area contributed by atoms with Crippen LogP contribution in [0.4, 0.5) is 0 Å². The Morgan fingerprint density at radius 3 is 1.45 bits per heavy atom. The van der Waals surface area contributed by atoms with E-state index in [1.807, 2.05) is 84.9 Å². The Morgan fingerprint density at radius 2 is 0.836 bits per heavy atom. The molecule has 0 radical (unpaired) electrons. The summed E-state index contributed by atoms with van der Waals surface area (Å²) in [7, 11) is 0. The predicted octanol–water partition coefficient (Wildman–Crippen LogP) is 10.2. The molecule has 0 amide bonds. The van der Waals surface area contributed by atoms with Gasteiger partial charge in [0.1, 0.15) is 34.5 Å². The molecule has 1 aromatic heterocycles. The standard InChI is InChI=1S/C48H34N6O/c1-5-15-31(16-6-1)43-49-44(32-17-7-2-8-18-32)52-47(51-43)37-24-13-23-35(29-37)36-27-28-40-39(30-36)42-38(25-14-26-41(42)55-40)48-53-45(33-19-9-3-10-20-33)50-46(54-48)34-21-11-4-12-22-34/h1-30,45,47H,(H,49,51,52)(H,50,53,54). The van der Waals surface area contributed by atoms with Gasteiger partial charge in [0.05, 0.1) is 0 Å². The zero-order chi connectivity index (χ0) is 36.6. The molecule has 55 heavy (non-hydrogen) atoms. The molecule has 1 unspecified atom stereocenters. The number of amidine groups is 4. The Labute approximate surface area is 318 Å². The summed E-state index contributed by atoms with van der Waals surface area (Å²) in [5, 5.41) is 9.08. The number of fused-ring (bicyclic) bond motifs is 3. The highest BCUT2D eigenvalue weighted by Gasteiger charge is 2.24. The minimum absolute atomic E-state index is 0.399. The van der Waals surface area contributed by atoms with E-state index in [1.54, 1.807) is 0 Å². The van der Waals surface area contributed by atoms with Crippen LogP contribution in [0.1, 0.15) is 45.7 Å². The first kappa shape index (κ1) is 32.3. The molecular weight excluding hydrogens is 677 g/mol. The summed E-state index contributed by atoms with van der Waals surface area (Å²) in [5.41, 5.74) is 9.72. The van der Waals surface area contributed by atoms with E-state index in [0.717, 1.165) is 89.8 Å². The molecule has 0 saturated carbocycles. The number of aliphatic imine (C=N–C) groups is 4. The minimum atomic E-state index is -0.426. The maximum atomic E-state index is 6.47. The van der Waals surface area contributed by atoms with Crippen LogP contribution in [0.3, 0.4) is 0 Å². The number of rotatable bonds is 7. The average molecular weight is 711 g/mol. The Balaban J connectivity index is 1.06. The number of hydrogen-bond donors (Lipinski definition) is 2. The van der Waals surface area contributed by atoms with Gasteiger partial charge in [0.15, 0.2) is 12.3 Å². The van der Waals surface area contributed by atoms with Crippen molar-refractivity contribution in [1.82, 2.24) is 10.6 Å². The topological polar surface area (TPSA) is 86.6 Å². The molecule has 262 valence electrons. The lowest BCUT2D eigenvalue weighted by atomic mass is 9.98. The lowest BCUT2D eigenvalue weighted by molar-refractivity contribution is 0.669. The smallest absolute Gasteiger partial charge is 0.169 e. The molecule has 8 aromatic rings. The second-order valence-corrected chi connectivity index (χ2v) is 13.5. The summed E-state index contributed by atoms with van der Waals surface area (Å²) in [4.78, 5) is 20.4. The van der Waals surface area contributed by atoms with Crippen molar-refractivity contribution in [2.45, 2.75) is 12.3 Å². The molecule has 7 nitrogen and oxygen atoms in total. The van der Waals surface area contributed by atoms with Crippen molar-refractivity contribution in [1.29, 1.82) is 0 Å². The Morgan fingerprint density at radius 1 is 0.364 bits per heavy atom. The molecule has 0 spiro atoms. The summed E-state index contributed by atoms with van der Waals surface area (Å²) >= 11 is 0. The van der Waals surface area contributed by atoms with Crippen LogP contribution in [-0.4, -0.2) is 23.3 Å². The minimum Gasteiger partial charge on any atom is -0.456 e. The van der Waals surface area contributed by atoms with E-state index in [4.69, 9.17) is 24.4 Å². The van der Waals surface area contributed by atoms with E-state index in [0.29, 0.717) is 0 Å². The monoisotopic (exact) mass is 710 g/mol. The number of nitrogens with one attached hydrogen (secondary N) is 2. The number of hydrogen-bond acceptors (Lipinski definition) is 7. The van der Waals surface area contributed by atoms with Gasteiger partial charge < -0.3 is 15.1 Å². The van der Waals surface area contributed by atoms with Crippen molar-refractivity contribution in [2.75, 3.05) is 0 Å². The summed E-state index contributed by atoms with van der Waals surface area (Å²) in [6.45, 7) is 0. The van der Waals surface area contributed by atoms with E-state index in [9.17, 15) is 0 Å². The van der Waals surface area contributed by atoms with Gasteiger partial charge in [-0.05, 0) is 46.5 Å². The number of furan rings is 1. The molecule has 2 aliphatic heterocycles. The third-order valence-electron chi connectivity index (χ3n) is 9.99. The van der Waals surface area contributed by atoms with Crippen LogP contribution in [-0.2, 0) is 0 Å². The quantitative estimate of drug-likeness (QED) is 0.173. The third-order valence-corrected chi connectivity index (χ3v) is 9.99. The van der Waals surface area contributed by atoms with Crippen molar-refractivity contribution in [3.05, 3.63) is 215 Å². The fourth-order valence-corrected chi connectivity index (χ4v) is 7.27. The second kappa shape index (κ2) is 13.9. The number of nitrogens with zero attached hydrogens (tertiary/aromatic N) is 4. The van der Waals surface area contributed by atoms with Crippen LogP contribution in [0.15, 0.2) is 206 Å². The van der Waals surface area contributed by atoms with Gasteiger partial charge in [0.25, 0.3) is 0 Å². The lowest BCUT2D eigenvalue weighted by Gasteiger charge is -2.23. The van der Waals surface area contributed by atoms with Crippen LogP contribution < -0.4 is 10.6 Å². The third kappa shape index (κ3) is 6.28. The maximum absolute atomic E-state index is 6.47. The molecule has 7 heteroatoms. The maximum Gasteiger partial charge on any atom is 0.169 e. The highest BCUT2D eigenvalue weighted by atomic mass is 16.3. The largest absolute Gasteiger partial charge is 0.456 e. The van der Waals surface area contributed by atoms with E-state index < -0.39 is 12.3 Å². The van der Waals surface area contributed by atoms with Crippen molar-refractivity contribution < 1.29 is 4.42 Å². The zero-order valence-electron chi connectivity index (χ0n) is 29.7. The Bertz CT molecular complexity index is 2750. The highest BCUT2D eigenvalue weighted by Crippen LogP contribution is 2.37. The molecular formula is C48H34N6O. The molecule has 2 N–H and O–H groups in total. The van der Waals surface area contributed by atoms with Crippen molar-refractivity contribution in [3.63, 3.8) is 0 Å². The Hall–Kier alpha value is -7.38. The number of benzene rings is 7. The SMILES string of the molecule is c1ccc(C2=NC(c3cccc(-c4ccc5oc6cccc(C7=NC(c8ccccc8)N=C(c8ccccc8)N7)c6c5c4)c3)N=C(c3ccccc3)N2)cc1. The van der Waals surface area contributed by atoms with Crippen molar-refractivity contribution >= 4 is 45.3 Å². The zero-order valence-corrected chi connectivity index (χ0v) is 29.7. The first-order valence-electron chi connectivity index (χ1n) is 18.4. The molecule has 10 rings (SSSR count). The summed E-state index contributed by atoms with van der Waals surface area (Å²) < 4.78 is 6.47. The van der Waals surface area contributed by atoms with Gasteiger partial charge in [-0.25, -0.2) is 20.0 Å².